The first-order valence-electron chi connectivity index (χ1n) is 6.66. The summed E-state index contributed by atoms with van der Waals surface area (Å²) < 4.78 is 1.40. The van der Waals surface area contributed by atoms with Crippen LogP contribution in [0.5, 0.6) is 0 Å². The lowest BCUT2D eigenvalue weighted by Gasteiger charge is -2.13. The van der Waals surface area contributed by atoms with Gasteiger partial charge in [-0.1, -0.05) is 13.3 Å². The lowest BCUT2D eigenvalue weighted by molar-refractivity contribution is -0.139. The normalized spacial score (nSPS) is 12.3. The van der Waals surface area contributed by atoms with Crippen LogP contribution in [-0.2, 0) is 11.8 Å². The summed E-state index contributed by atoms with van der Waals surface area (Å²) in [7, 11) is 1.60. The predicted molar refractivity (Wildman–Crippen MR) is 77.3 cm³/mol. The van der Waals surface area contributed by atoms with Gasteiger partial charge in [0.2, 0.25) is 0 Å². The van der Waals surface area contributed by atoms with Crippen molar-refractivity contribution in [2.45, 2.75) is 25.8 Å². The molecule has 21 heavy (non-hydrogen) atoms. The highest BCUT2D eigenvalue weighted by Crippen LogP contribution is 2.12. The van der Waals surface area contributed by atoms with Gasteiger partial charge in [0.1, 0.15) is 6.04 Å². The molecule has 7 heteroatoms. The van der Waals surface area contributed by atoms with Gasteiger partial charge in [-0.3, -0.25) is 9.36 Å². The Kier molecular flexibility index (Phi) is 4.11. The molecule has 0 bridgehead atoms. The molecule has 0 fully saturated rings. The zero-order valence-corrected chi connectivity index (χ0v) is 11.8. The molecular formula is C14H17N3O4. The highest BCUT2D eigenvalue weighted by molar-refractivity contribution is 5.99. The van der Waals surface area contributed by atoms with E-state index in [0.717, 1.165) is 0 Å². The minimum atomic E-state index is -1.06. The molecule has 7 nitrogen and oxygen atoms in total. The number of hydrogen-bond acceptors (Lipinski definition) is 3. The topological polar surface area (TPSA) is 104 Å². The van der Waals surface area contributed by atoms with E-state index in [0.29, 0.717) is 29.4 Å². The Balaban J connectivity index is 2.28. The van der Waals surface area contributed by atoms with E-state index in [2.05, 4.69) is 10.3 Å². The van der Waals surface area contributed by atoms with Crippen LogP contribution in [0, 0.1) is 0 Å². The van der Waals surface area contributed by atoms with Gasteiger partial charge in [0.25, 0.3) is 5.91 Å². The minimum Gasteiger partial charge on any atom is -0.480 e. The number of rotatable bonds is 5. The maximum Gasteiger partial charge on any atom is 0.326 e. The first kappa shape index (κ1) is 14.8. The molecule has 0 aliphatic heterocycles. The van der Waals surface area contributed by atoms with E-state index in [1.54, 1.807) is 25.2 Å². The number of aryl methyl sites for hydroxylation is 1. The van der Waals surface area contributed by atoms with E-state index in [-0.39, 0.29) is 5.69 Å². The standard InChI is InChI=1S/C14H17N3O4/c1-3-4-10(13(19)20)15-12(18)8-5-6-9-11(7-8)17(2)14(21)16-9/h5-7,10H,3-4H2,1-2H3,(H,15,18)(H,16,21)(H,19,20). The summed E-state index contributed by atoms with van der Waals surface area (Å²) >= 11 is 0. The van der Waals surface area contributed by atoms with E-state index >= 15 is 0 Å². The van der Waals surface area contributed by atoms with Crippen molar-refractivity contribution in [3.8, 4) is 0 Å². The van der Waals surface area contributed by atoms with E-state index in [9.17, 15) is 14.4 Å². The molecule has 3 N–H and O–H groups in total. The number of carboxylic acid groups (broad SMARTS) is 1. The second-order valence-corrected chi connectivity index (χ2v) is 4.87. The number of carbonyl (C=O) groups excluding carboxylic acids is 1. The molecular weight excluding hydrogens is 274 g/mol. The molecule has 2 rings (SSSR count). The number of nitrogens with one attached hydrogen (secondary N) is 2. The van der Waals surface area contributed by atoms with Crippen molar-refractivity contribution in [2.24, 2.45) is 7.05 Å². The molecule has 1 heterocycles. The third-order valence-electron chi connectivity index (χ3n) is 3.35. The number of carbonyl (C=O) groups is 2. The summed E-state index contributed by atoms with van der Waals surface area (Å²) in [4.78, 5) is 37.3. The number of aromatic nitrogens is 2. The summed E-state index contributed by atoms with van der Waals surface area (Å²) in [6.07, 6.45) is 1.02. The summed E-state index contributed by atoms with van der Waals surface area (Å²) in [5.74, 6) is -1.52. The molecule has 1 atom stereocenters. The number of hydrogen-bond donors (Lipinski definition) is 3. The molecule has 1 aromatic carbocycles. The smallest absolute Gasteiger partial charge is 0.326 e. The van der Waals surface area contributed by atoms with Gasteiger partial charge in [0.05, 0.1) is 11.0 Å². The summed E-state index contributed by atoms with van der Waals surface area (Å²) in [6, 6.07) is 3.83. The molecule has 1 aromatic heterocycles. The second kappa shape index (κ2) is 5.82. The maximum absolute atomic E-state index is 12.1. The van der Waals surface area contributed by atoms with Gasteiger partial charge in [0, 0.05) is 12.6 Å². The Bertz CT molecular complexity index is 744. The first-order chi connectivity index (χ1) is 9.93. The van der Waals surface area contributed by atoms with Crippen molar-refractivity contribution in [3.63, 3.8) is 0 Å². The number of aromatic amines is 1. The second-order valence-electron chi connectivity index (χ2n) is 4.87. The molecule has 0 radical (unpaired) electrons. The summed E-state index contributed by atoms with van der Waals surface area (Å²) in [5, 5.41) is 11.5. The molecule has 0 saturated carbocycles. The van der Waals surface area contributed by atoms with E-state index < -0.39 is 17.9 Å². The molecule has 1 unspecified atom stereocenters. The van der Waals surface area contributed by atoms with Crippen molar-refractivity contribution in [2.75, 3.05) is 0 Å². The third-order valence-corrected chi connectivity index (χ3v) is 3.35. The molecule has 1 amide bonds. The number of imidazole rings is 1. The fourth-order valence-corrected chi connectivity index (χ4v) is 2.15. The van der Waals surface area contributed by atoms with E-state index in [1.807, 2.05) is 6.92 Å². The van der Waals surface area contributed by atoms with Crippen LogP contribution < -0.4 is 11.0 Å². The number of H-pyrrole nitrogens is 1. The zero-order chi connectivity index (χ0) is 15.6. The van der Waals surface area contributed by atoms with Crippen LogP contribution in [0.1, 0.15) is 30.1 Å². The van der Waals surface area contributed by atoms with Gasteiger partial charge in [0.15, 0.2) is 0 Å². The monoisotopic (exact) mass is 291 g/mol. The Morgan fingerprint density at radius 3 is 2.76 bits per heavy atom. The Labute approximate surface area is 120 Å². The van der Waals surface area contributed by atoms with Crippen molar-refractivity contribution < 1.29 is 14.7 Å². The van der Waals surface area contributed by atoms with Gasteiger partial charge in [-0.25, -0.2) is 9.59 Å². The average Bonchev–Trinajstić information content (AvgIpc) is 2.73. The fraction of sp³-hybridized carbons (Fsp3) is 0.357. The van der Waals surface area contributed by atoms with Gasteiger partial charge in [-0.2, -0.15) is 0 Å². The summed E-state index contributed by atoms with van der Waals surface area (Å²) in [6.45, 7) is 1.85. The largest absolute Gasteiger partial charge is 0.480 e. The number of amides is 1. The third kappa shape index (κ3) is 2.96. The zero-order valence-electron chi connectivity index (χ0n) is 11.8. The molecule has 0 aliphatic rings. The van der Waals surface area contributed by atoms with Crippen LogP contribution >= 0.6 is 0 Å². The maximum atomic E-state index is 12.1. The van der Waals surface area contributed by atoms with Gasteiger partial charge >= 0.3 is 11.7 Å². The van der Waals surface area contributed by atoms with E-state index in [1.165, 1.54) is 4.57 Å². The van der Waals surface area contributed by atoms with Crippen molar-refractivity contribution in [1.82, 2.24) is 14.9 Å². The van der Waals surface area contributed by atoms with Crippen LogP contribution in [0.15, 0.2) is 23.0 Å². The van der Waals surface area contributed by atoms with Crippen LogP contribution in [-0.4, -0.2) is 32.6 Å². The first-order valence-corrected chi connectivity index (χ1v) is 6.66. The highest BCUT2D eigenvalue weighted by Gasteiger charge is 2.20. The number of fused-ring (bicyclic) bond motifs is 1. The fourth-order valence-electron chi connectivity index (χ4n) is 2.15. The molecule has 0 spiro atoms. The highest BCUT2D eigenvalue weighted by atomic mass is 16.4. The van der Waals surface area contributed by atoms with Crippen LogP contribution in [0.2, 0.25) is 0 Å². The van der Waals surface area contributed by atoms with Crippen LogP contribution in [0.3, 0.4) is 0 Å². The quantitative estimate of drug-likeness (QED) is 0.759. The Morgan fingerprint density at radius 2 is 2.14 bits per heavy atom. The Hall–Kier alpha value is -2.57. The lowest BCUT2D eigenvalue weighted by atomic mass is 10.1. The van der Waals surface area contributed by atoms with Gasteiger partial charge < -0.3 is 15.4 Å². The van der Waals surface area contributed by atoms with Gasteiger partial charge in [-0.05, 0) is 24.6 Å². The lowest BCUT2D eigenvalue weighted by Crippen LogP contribution is -2.40. The number of aliphatic carboxylic acids is 1. The molecule has 0 aliphatic carbocycles. The number of benzene rings is 1. The molecule has 2 aromatic rings. The predicted octanol–water partition coefficient (Wildman–Crippen LogP) is 0.850. The van der Waals surface area contributed by atoms with Crippen LogP contribution in [0.4, 0.5) is 0 Å². The van der Waals surface area contributed by atoms with E-state index in [4.69, 9.17) is 5.11 Å². The summed E-state index contributed by atoms with van der Waals surface area (Å²) in [5.41, 5.74) is 1.27. The van der Waals surface area contributed by atoms with Crippen molar-refractivity contribution in [3.05, 3.63) is 34.2 Å². The van der Waals surface area contributed by atoms with Gasteiger partial charge in [-0.15, -0.1) is 0 Å². The minimum absolute atomic E-state index is 0.267. The number of nitrogens with zero attached hydrogens (tertiary/aromatic N) is 1. The average molecular weight is 291 g/mol. The Morgan fingerprint density at radius 1 is 1.43 bits per heavy atom. The number of carboxylic acids is 1. The SMILES string of the molecule is CCCC(NC(=O)c1ccc2[nH]c(=O)n(C)c2c1)C(=O)O. The van der Waals surface area contributed by atoms with Crippen molar-refractivity contribution in [1.29, 1.82) is 0 Å². The molecule has 112 valence electrons. The van der Waals surface area contributed by atoms with Crippen LogP contribution in [0.25, 0.3) is 11.0 Å². The molecule has 0 saturated heterocycles. The van der Waals surface area contributed by atoms with Crippen molar-refractivity contribution >= 4 is 22.9 Å².